The Hall–Kier alpha value is -0.870. The molecule has 0 saturated carbocycles. The fraction of sp³-hybridized carbons (Fsp3) is 0.750. The van der Waals surface area contributed by atoms with Gasteiger partial charge in [-0.25, -0.2) is 0 Å². The fourth-order valence-electron chi connectivity index (χ4n) is 2.69. The molecule has 0 amide bonds. The Balaban J connectivity index is 1.63. The van der Waals surface area contributed by atoms with Crippen molar-refractivity contribution in [2.24, 2.45) is 0 Å². The number of rotatable bonds is 3. The van der Waals surface area contributed by atoms with E-state index in [1.54, 1.807) is 0 Å². The van der Waals surface area contributed by atoms with Gasteiger partial charge in [0.25, 0.3) is 0 Å². The van der Waals surface area contributed by atoms with Crippen molar-refractivity contribution in [3.63, 3.8) is 0 Å². The predicted octanol–water partition coefficient (Wildman–Crippen LogP) is 0.959. The van der Waals surface area contributed by atoms with Gasteiger partial charge >= 0.3 is 0 Å². The second-order valence-electron chi connectivity index (χ2n) is 4.76. The van der Waals surface area contributed by atoms with Crippen molar-refractivity contribution in [2.45, 2.75) is 32.2 Å². The lowest BCUT2D eigenvalue weighted by atomic mass is 10.0. The first-order valence-corrected chi connectivity index (χ1v) is 6.33. The van der Waals surface area contributed by atoms with Gasteiger partial charge in [0.05, 0.1) is 0 Å². The third-order valence-corrected chi connectivity index (χ3v) is 3.65. The number of nitrogens with one attached hydrogen (secondary N) is 1. The van der Waals surface area contributed by atoms with Gasteiger partial charge in [-0.2, -0.15) is 0 Å². The van der Waals surface area contributed by atoms with Crippen LogP contribution >= 0.6 is 0 Å². The molecule has 4 nitrogen and oxygen atoms in total. The SMILES string of the molecule is C1CCN(CCc2onc3c2CCNC3)C1. The smallest absolute Gasteiger partial charge is 0.141 e. The van der Waals surface area contributed by atoms with Gasteiger partial charge < -0.3 is 14.7 Å². The molecule has 1 N–H and O–H groups in total. The monoisotopic (exact) mass is 221 g/mol. The largest absolute Gasteiger partial charge is 0.361 e. The molecule has 1 saturated heterocycles. The number of fused-ring (bicyclic) bond motifs is 1. The molecule has 0 bridgehead atoms. The van der Waals surface area contributed by atoms with Gasteiger partial charge in [-0.1, -0.05) is 5.16 Å². The Labute approximate surface area is 96.0 Å². The van der Waals surface area contributed by atoms with Gasteiger partial charge in [0.15, 0.2) is 0 Å². The van der Waals surface area contributed by atoms with E-state index in [1.807, 2.05) is 0 Å². The van der Waals surface area contributed by atoms with Crippen molar-refractivity contribution in [2.75, 3.05) is 26.2 Å². The van der Waals surface area contributed by atoms with Crippen LogP contribution in [0.1, 0.15) is 29.9 Å². The van der Waals surface area contributed by atoms with Gasteiger partial charge in [0.1, 0.15) is 11.5 Å². The summed E-state index contributed by atoms with van der Waals surface area (Å²) in [5.74, 6) is 1.13. The molecule has 0 aliphatic carbocycles. The molecule has 0 atom stereocenters. The van der Waals surface area contributed by atoms with Crippen LogP contribution in [0.3, 0.4) is 0 Å². The molecular formula is C12H19N3O. The Morgan fingerprint density at radius 3 is 3.06 bits per heavy atom. The van der Waals surface area contributed by atoms with E-state index in [2.05, 4.69) is 15.4 Å². The van der Waals surface area contributed by atoms with E-state index in [9.17, 15) is 0 Å². The Kier molecular flexibility index (Phi) is 2.93. The highest BCUT2D eigenvalue weighted by Gasteiger charge is 2.20. The number of likely N-dealkylation sites (tertiary alicyclic amines) is 1. The van der Waals surface area contributed by atoms with Crippen molar-refractivity contribution >= 4 is 0 Å². The molecule has 0 aromatic carbocycles. The standard InChI is InChI=1S/C12H19N3O/c1-2-7-15(6-1)8-4-12-10-3-5-13-9-11(10)14-16-12/h13H,1-9H2. The van der Waals surface area contributed by atoms with Crippen LogP contribution in [0.25, 0.3) is 0 Å². The number of hydrogen-bond donors (Lipinski definition) is 1. The highest BCUT2D eigenvalue weighted by molar-refractivity contribution is 5.25. The predicted molar refractivity (Wildman–Crippen MR) is 61.3 cm³/mol. The lowest BCUT2D eigenvalue weighted by Gasteiger charge is -2.14. The molecule has 0 unspecified atom stereocenters. The lowest BCUT2D eigenvalue weighted by molar-refractivity contribution is 0.313. The Bertz CT molecular complexity index is 355. The summed E-state index contributed by atoms with van der Waals surface area (Å²) in [6.45, 7) is 5.60. The first kappa shape index (κ1) is 10.3. The van der Waals surface area contributed by atoms with Crippen molar-refractivity contribution in [1.82, 2.24) is 15.4 Å². The second-order valence-corrected chi connectivity index (χ2v) is 4.76. The third-order valence-electron chi connectivity index (χ3n) is 3.65. The van der Waals surface area contributed by atoms with E-state index in [0.717, 1.165) is 43.9 Å². The second kappa shape index (κ2) is 4.55. The van der Waals surface area contributed by atoms with E-state index >= 15 is 0 Å². The first-order valence-electron chi connectivity index (χ1n) is 6.33. The molecule has 3 rings (SSSR count). The number of nitrogens with zero attached hydrogens (tertiary/aromatic N) is 2. The molecule has 1 aromatic heterocycles. The van der Waals surface area contributed by atoms with E-state index in [1.165, 1.54) is 31.5 Å². The molecular weight excluding hydrogens is 202 g/mol. The van der Waals surface area contributed by atoms with Gasteiger partial charge in [-0.15, -0.1) is 0 Å². The van der Waals surface area contributed by atoms with Crippen LogP contribution in [-0.2, 0) is 19.4 Å². The van der Waals surface area contributed by atoms with E-state index in [0.29, 0.717) is 0 Å². The molecule has 1 fully saturated rings. The van der Waals surface area contributed by atoms with Crippen molar-refractivity contribution in [1.29, 1.82) is 0 Å². The van der Waals surface area contributed by atoms with Crippen molar-refractivity contribution in [3.05, 3.63) is 17.0 Å². The molecule has 2 aliphatic rings. The van der Waals surface area contributed by atoms with Crippen LogP contribution in [0.5, 0.6) is 0 Å². The first-order chi connectivity index (χ1) is 7.93. The summed E-state index contributed by atoms with van der Waals surface area (Å²) in [4.78, 5) is 2.52. The maximum Gasteiger partial charge on any atom is 0.141 e. The van der Waals surface area contributed by atoms with Crippen molar-refractivity contribution < 1.29 is 4.52 Å². The minimum Gasteiger partial charge on any atom is -0.361 e. The highest BCUT2D eigenvalue weighted by atomic mass is 16.5. The zero-order valence-electron chi connectivity index (χ0n) is 9.67. The molecule has 88 valence electrons. The van der Waals surface area contributed by atoms with Gasteiger partial charge in [0.2, 0.25) is 0 Å². The van der Waals surface area contributed by atoms with Crippen LogP contribution in [0.2, 0.25) is 0 Å². The summed E-state index contributed by atoms with van der Waals surface area (Å²) < 4.78 is 5.46. The number of hydrogen-bond acceptors (Lipinski definition) is 4. The molecule has 4 heteroatoms. The summed E-state index contributed by atoms with van der Waals surface area (Å²) in [5.41, 5.74) is 2.50. The van der Waals surface area contributed by atoms with Gasteiger partial charge in [-0.05, 0) is 38.9 Å². The van der Waals surface area contributed by atoms with Crippen LogP contribution < -0.4 is 5.32 Å². The zero-order chi connectivity index (χ0) is 10.8. The topological polar surface area (TPSA) is 41.3 Å². The van der Waals surface area contributed by atoms with Crippen LogP contribution in [0, 0.1) is 0 Å². The fourth-order valence-corrected chi connectivity index (χ4v) is 2.69. The normalized spacial score (nSPS) is 21.2. The summed E-state index contributed by atoms with van der Waals surface area (Å²) in [6, 6.07) is 0. The third kappa shape index (κ3) is 1.99. The van der Waals surface area contributed by atoms with Crippen LogP contribution in [0.4, 0.5) is 0 Å². The molecule has 0 spiro atoms. The molecule has 1 aromatic rings. The Morgan fingerprint density at radius 2 is 2.19 bits per heavy atom. The molecule has 3 heterocycles. The average Bonchev–Trinajstić information content (AvgIpc) is 2.96. The summed E-state index contributed by atoms with van der Waals surface area (Å²) in [5, 5.41) is 7.46. The zero-order valence-corrected chi connectivity index (χ0v) is 9.67. The summed E-state index contributed by atoms with van der Waals surface area (Å²) >= 11 is 0. The molecule has 0 radical (unpaired) electrons. The van der Waals surface area contributed by atoms with Crippen molar-refractivity contribution in [3.8, 4) is 0 Å². The maximum absolute atomic E-state index is 5.46. The van der Waals surface area contributed by atoms with E-state index < -0.39 is 0 Å². The maximum atomic E-state index is 5.46. The van der Waals surface area contributed by atoms with Crippen LogP contribution in [-0.4, -0.2) is 36.2 Å². The summed E-state index contributed by atoms with van der Waals surface area (Å²) in [7, 11) is 0. The van der Waals surface area contributed by atoms with Gasteiger partial charge in [-0.3, -0.25) is 0 Å². The molecule has 16 heavy (non-hydrogen) atoms. The molecule has 2 aliphatic heterocycles. The lowest BCUT2D eigenvalue weighted by Crippen LogP contribution is -2.25. The van der Waals surface area contributed by atoms with Crippen LogP contribution in [0.15, 0.2) is 4.52 Å². The average molecular weight is 221 g/mol. The summed E-state index contributed by atoms with van der Waals surface area (Å²) in [6.07, 6.45) is 4.83. The minimum absolute atomic E-state index is 0.878. The van der Waals surface area contributed by atoms with Gasteiger partial charge in [0, 0.05) is 25.1 Å². The number of aromatic nitrogens is 1. The minimum atomic E-state index is 0.878. The highest BCUT2D eigenvalue weighted by Crippen LogP contribution is 2.19. The van der Waals surface area contributed by atoms with E-state index in [4.69, 9.17) is 4.52 Å². The Morgan fingerprint density at radius 1 is 1.31 bits per heavy atom. The quantitative estimate of drug-likeness (QED) is 0.825. The van der Waals surface area contributed by atoms with E-state index in [-0.39, 0.29) is 0 Å².